The average Bonchev–Trinajstić information content (AvgIpc) is 3.45. The van der Waals surface area contributed by atoms with Crippen LogP contribution in [0.2, 0.25) is 0 Å². The van der Waals surface area contributed by atoms with Gasteiger partial charge in [-0.15, -0.1) is 11.8 Å². The molecule has 9 heteroatoms. The molecule has 1 heterocycles. The first-order valence-corrected chi connectivity index (χ1v) is 15.5. The molecule has 0 saturated carbocycles. The first kappa shape index (κ1) is 32.6. The zero-order chi connectivity index (χ0) is 28.6. The second-order valence-electron chi connectivity index (χ2n) is 9.31. The number of thioether (sulfide) groups is 2. The van der Waals surface area contributed by atoms with Crippen molar-refractivity contribution in [2.45, 2.75) is 30.4 Å². The van der Waals surface area contributed by atoms with Gasteiger partial charge >= 0.3 is 24.8 Å². The van der Waals surface area contributed by atoms with Gasteiger partial charge in [0, 0.05) is 23.1 Å². The Labute approximate surface area is 261 Å². The Hall–Kier alpha value is -2.86. The molecule has 2 atom stereocenters. The minimum Gasteiger partial charge on any atom is -0.480 e. The molecular formula is C32H33LiNO5S2+. The van der Waals surface area contributed by atoms with Crippen LogP contribution >= 0.6 is 23.5 Å². The quantitative estimate of drug-likeness (QED) is 0.190. The fourth-order valence-corrected chi connectivity index (χ4v) is 5.45. The van der Waals surface area contributed by atoms with Crippen LogP contribution in [0.1, 0.15) is 39.8 Å². The van der Waals surface area contributed by atoms with Gasteiger partial charge in [-0.2, -0.15) is 11.8 Å². The number of nitrogens with one attached hydrogen (secondary N) is 1. The normalized spacial score (nSPS) is 12.3. The molecule has 1 aromatic heterocycles. The minimum absolute atomic E-state index is 0. The van der Waals surface area contributed by atoms with Crippen molar-refractivity contribution in [3.05, 3.63) is 101 Å². The molecule has 0 radical (unpaired) electrons. The van der Waals surface area contributed by atoms with Crippen LogP contribution in [0.5, 0.6) is 0 Å². The molecule has 0 spiro atoms. The summed E-state index contributed by atoms with van der Waals surface area (Å²) in [5, 5.41) is 12.4. The van der Waals surface area contributed by atoms with Crippen molar-refractivity contribution in [2.75, 3.05) is 25.4 Å². The Morgan fingerprint density at radius 2 is 1.71 bits per heavy atom. The SMILES string of the molecule is COC(c1ccc(C(=O)NC(CCSC)C(=O)O)c(-c2ccccc2C)c1)c1ccc(-c2ccc(SC)cc2)o1.[Li+]. The van der Waals surface area contributed by atoms with E-state index in [1.54, 1.807) is 36.7 Å². The van der Waals surface area contributed by atoms with E-state index in [2.05, 4.69) is 17.4 Å². The topological polar surface area (TPSA) is 88.8 Å². The number of aryl methyl sites for hydroxylation is 1. The number of carbonyl (C=O) groups excluding carboxylic acids is 1. The second-order valence-corrected chi connectivity index (χ2v) is 11.2. The Kier molecular flexibility index (Phi) is 12.3. The van der Waals surface area contributed by atoms with E-state index in [-0.39, 0.29) is 18.9 Å². The predicted octanol–water partition coefficient (Wildman–Crippen LogP) is 4.32. The average molecular weight is 583 g/mol. The van der Waals surface area contributed by atoms with Crippen molar-refractivity contribution in [2.24, 2.45) is 0 Å². The van der Waals surface area contributed by atoms with Gasteiger partial charge in [-0.25, -0.2) is 4.79 Å². The molecule has 1 amide bonds. The first-order chi connectivity index (χ1) is 19.4. The largest absolute Gasteiger partial charge is 1.00 e. The second kappa shape index (κ2) is 15.4. The van der Waals surface area contributed by atoms with Crippen molar-refractivity contribution in [1.29, 1.82) is 0 Å². The molecular weight excluding hydrogens is 549 g/mol. The third-order valence-corrected chi connectivity index (χ3v) is 8.12. The molecule has 0 saturated heterocycles. The molecule has 3 aromatic carbocycles. The van der Waals surface area contributed by atoms with Crippen molar-refractivity contribution in [1.82, 2.24) is 5.32 Å². The summed E-state index contributed by atoms with van der Waals surface area (Å²) >= 11 is 3.23. The van der Waals surface area contributed by atoms with Crippen LogP contribution in [0.25, 0.3) is 22.5 Å². The molecule has 4 rings (SSSR count). The molecule has 208 valence electrons. The van der Waals surface area contributed by atoms with E-state index in [0.717, 1.165) is 28.0 Å². The van der Waals surface area contributed by atoms with Crippen molar-refractivity contribution in [3.63, 3.8) is 0 Å². The Morgan fingerprint density at radius 1 is 0.976 bits per heavy atom. The number of hydrogen-bond acceptors (Lipinski definition) is 6. The van der Waals surface area contributed by atoms with Crippen LogP contribution in [0, 0.1) is 6.92 Å². The maximum absolute atomic E-state index is 13.4. The van der Waals surface area contributed by atoms with Crippen LogP contribution in [0.4, 0.5) is 0 Å². The number of benzene rings is 3. The summed E-state index contributed by atoms with van der Waals surface area (Å²) in [4.78, 5) is 26.4. The number of carbonyl (C=O) groups is 2. The van der Waals surface area contributed by atoms with E-state index in [1.165, 1.54) is 4.90 Å². The van der Waals surface area contributed by atoms with E-state index < -0.39 is 24.0 Å². The van der Waals surface area contributed by atoms with Gasteiger partial charge in [-0.05, 0) is 90.3 Å². The van der Waals surface area contributed by atoms with Gasteiger partial charge in [0.25, 0.3) is 5.91 Å². The van der Waals surface area contributed by atoms with Crippen LogP contribution in [0.3, 0.4) is 0 Å². The van der Waals surface area contributed by atoms with E-state index in [0.29, 0.717) is 29.1 Å². The number of rotatable bonds is 12. The number of hydrogen-bond donors (Lipinski definition) is 2. The number of carboxylic acid groups (broad SMARTS) is 1. The van der Waals surface area contributed by atoms with E-state index in [4.69, 9.17) is 9.15 Å². The van der Waals surface area contributed by atoms with Crippen molar-refractivity contribution < 1.29 is 42.7 Å². The molecule has 0 bridgehead atoms. The maximum atomic E-state index is 13.4. The number of ether oxygens (including phenoxy) is 1. The summed E-state index contributed by atoms with van der Waals surface area (Å²) in [7, 11) is 1.62. The van der Waals surface area contributed by atoms with Crippen LogP contribution in [0.15, 0.2) is 88.2 Å². The summed E-state index contributed by atoms with van der Waals surface area (Å²) in [5.74, 6) is 0.532. The predicted molar refractivity (Wildman–Crippen MR) is 163 cm³/mol. The number of carboxylic acids is 1. The van der Waals surface area contributed by atoms with Crippen LogP contribution < -0.4 is 24.2 Å². The molecule has 0 aliphatic heterocycles. The summed E-state index contributed by atoms with van der Waals surface area (Å²) in [6.07, 6.45) is 3.78. The summed E-state index contributed by atoms with van der Waals surface area (Å²) in [6, 6.07) is 24.3. The summed E-state index contributed by atoms with van der Waals surface area (Å²) in [5.41, 5.74) is 4.76. The van der Waals surface area contributed by atoms with Crippen molar-refractivity contribution >= 4 is 35.4 Å². The Bertz CT molecular complexity index is 1470. The third-order valence-electron chi connectivity index (χ3n) is 6.74. The zero-order valence-corrected chi connectivity index (χ0v) is 25.6. The minimum atomic E-state index is -1.05. The first-order valence-electron chi connectivity index (χ1n) is 12.9. The molecule has 6 nitrogen and oxygen atoms in total. The van der Waals surface area contributed by atoms with Gasteiger partial charge in [0.1, 0.15) is 23.7 Å². The van der Waals surface area contributed by atoms with Crippen LogP contribution in [-0.4, -0.2) is 48.4 Å². The number of furan rings is 1. The Balaban J connectivity index is 0.00000462. The molecule has 41 heavy (non-hydrogen) atoms. The third kappa shape index (κ3) is 7.91. The fourth-order valence-electron chi connectivity index (χ4n) is 4.57. The molecule has 4 aromatic rings. The van der Waals surface area contributed by atoms with E-state index in [1.807, 2.05) is 80.1 Å². The molecule has 0 fully saturated rings. The molecule has 2 unspecified atom stereocenters. The standard InChI is InChI=1S/C32H33NO5S2.Li/c1-20-7-5-6-8-24(20)26-19-22(11-14-25(26)31(34)33-27(32(35)36)17-18-39-3)30(37-2)29-16-15-28(38-29)21-9-12-23(40-4)13-10-21;/h5-16,19,27,30H,17-18H2,1-4H3,(H,33,34)(H,35,36);/q;+1. The summed E-state index contributed by atoms with van der Waals surface area (Å²) < 4.78 is 12.1. The van der Waals surface area contributed by atoms with E-state index in [9.17, 15) is 14.7 Å². The van der Waals surface area contributed by atoms with Crippen LogP contribution in [-0.2, 0) is 9.53 Å². The Morgan fingerprint density at radius 3 is 2.34 bits per heavy atom. The van der Waals surface area contributed by atoms with Gasteiger partial charge in [0.15, 0.2) is 0 Å². The van der Waals surface area contributed by atoms with Crippen molar-refractivity contribution in [3.8, 4) is 22.5 Å². The number of aliphatic carboxylic acids is 1. The van der Waals surface area contributed by atoms with Gasteiger partial charge in [-0.3, -0.25) is 4.79 Å². The zero-order valence-electron chi connectivity index (χ0n) is 24.0. The molecule has 0 aliphatic rings. The molecule has 0 aliphatic carbocycles. The maximum Gasteiger partial charge on any atom is 1.00 e. The van der Waals surface area contributed by atoms with E-state index >= 15 is 0 Å². The smallest absolute Gasteiger partial charge is 0.480 e. The molecule has 2 N–H and O–H groups in total. The fraction of sp³-hybridized carbons (Fsp3) is 0.250. The van der Waals surface area contributed by atoms with Gasteiger partial charge in [-0.1, -0.05) is 42.5 Å². The summed E-state index contributed by atoms with van der Waals surface area (Å²) in [6.45, 7) is 1.98. The van der Waals surface area contributed by atoms with Gasteiger partial charge < -0.3 is 19.6 Å². The van der Waals surface area contributed by atoms with Gasteiger partial charge in [0.05, 0.1) is 0 Å². The monoisotopic (exact) mass is 582 g/mol. The number of methoxy groups -OCH3 is 1. The number of amides is 1. The van der Waals surface area contributed by atoms with Gasteiger partial charge in [0.2, 0.25) is 0 Å².